The minimum Gasteiger partial charge on any atom is -0.339 e. The van der Waals surface area contributed by atoms with Gasteiger partial charge in [-0.25, -0.2) is 4.99 Å². The number of likely N-dealkylation sites (tertiary alicyclic amines) is 2. The Morgan fingerprint density at radius 3 is 2.26 bits per heavy atom. The van der Waals surface area contributed by atoms with Gasteiger partial charge in [-0.2, -0.15) is 0 Å². The highest BCUT2D eigenvalue weighted by Gasteiger charge is 2.54. The number of aliphatic imine (C=N–C) groups is 1. The Hall–Kier alpha value is -2.52. The molecular weight excluding hydrogens is 601 g/mol. The van der Waals surface area contributed by atoms with Crippen molar-refractivity contribution in [1.29, 1.82) is 0 Å². The second kappa shape index (κ2) is 11.8. The predicted octanol–water partition coefficient (Wildman–Crippen LogP) is 6.39. The summed E-state index contributed by atoms with van der Waals surface area (Å²) in [6.07, 6.45) is 2.50. The lowest BCUT2D eigenvalue weighted by molar-refractivity contribution is -0.141. The molecule has 6 rings (SSSR count). The van der Waals surface area contributed by atoms with Gasteiger partial charge in [-0.3, -0.25) is 9.59 Å². The Morgan fingerprint density at radius 1 is 1.00 bits per heavy atom. The Morgan fingerprint density at radius 2 is 1.65 bits per heavy atom. The maximum atomic E-state index is 14.4. The van der Waals surface area contributed by atoms with Crippen molar-refractivity contribution in [2.45, 2.75) is 63.7 Å². The molecule has 43 heavy (non-hydrogen) atoms. The normalized spacial score (nSPS) is 27.1. The van der Waals surface area contributed by atoms with Crippen molar-refractivity contribution in [2.75, 3.05) is 33.7 Å². The van der Waals surface area contributed by atoms with Gasteiger partial charge in [0.2, 0.25) is 5.91 Å². The van der Waals surface area contributed by atoms with Gasteiger partial charge in [-0.15, -0.1) is 0 Å². The first-order chi connectivity index (χ1) is 20.5. The van der Waals surface area contributed by atoms with Gasteiger partial charge in [-0.05, 0) is 93.4 Å². The number of carbonyl (C=O) groups is 2. The van der Waals surface area contributed by atoms with E-state index in [9.17, 15) is 9.59 Å². The molecule has 2 aromatic carbocycles. The van der Waals surface area contributed by atoms with Crippen LogP contribution in [0.5, 0.6) is 0 Å². The number of amidine groups is 1. The highest BCUT2D eigenvalue weighted by molar-refractivity contribution is 8.18. The first kappa shape index (κ1) is 30.5. The topological polar surface area (TPSA) is 59.5 Å². The number of fused-ring (bicyclic) bond motifs is 1. The zero-order valence-electron chi connectivity index (χ0n) is 25.4. The number of hydrogen-bond acceptors (Lipinski definition) is 6. The van der Waals surface area contributed by atoms with E-state index in [-0.39, 0.29) is 23.8 Å². The summed E-state index contributed by atoms with van der Waals surface area (Å²) in [7, 11) is 4.12. The van der Waals surface area contributed by atoms with Crippen LogP contribution in [0.3, 0.4) is 0 Å². The Balaban J connectivity index is 1.36. The monoisotopic (exact) mass is 639 g/mol. The molecule has 0 unspecified atom stereocenters. The van der Waals surface area contributed by atoms with Crippen molar-refractivity contribution in [2.24, 2.45) is 10.9 Å². The van der Waals surface area contributed by atoms with E-state index >= 15 is 0 Å². The smallest absolute Gasteiger partial charge is 0.263 e. The molecule has 7 nitrogen and oxygen atoms in total. The van der Waals surface area contributed by atoms with Crippen molar-refractivity contribution in [1.82, 2.24) is 19.6 Å². The number of likely N-dealkylation sites (N-methyl/N-ethyl adjacent to an activating group) is 1. The molecule has 2 aromatic rings. The average molecular weight is 641 g/mol. The van der Waals surface area contributed by atoms with Crippen LogP contribution in [0.25, 0.3) is 0 Å². The zero-order valence-corrected chi connectivity index (χ0v) is 27.7. The van der Waals surface area contributed by atoms with Crippen molar-refractivity contribution in [3.05, 3.63) is 80.3 Å². The van der Waals surface area contributed by atoms with Crippen LogP contribution in [0.1, 0.15) is 57.2 Å². The second-order valence-electron chi connectivity index (χ2n) is 12.7. The molecule has 0 aliphatic carbocycles. The van der Waals surface area contributed by atoms with E-state index in [1.54, 1.807) is 0 Å². The van der Waals surface area contributed by atoms with Crippen LogP contribution in [0, 0.1) is 5.92 Å². The molecule has 2 saturated heterocycles. The Labute approximate surface area is 268 Å². The third-order valence-corrected chi connectivity index (χ3v) is 10.9. The van der Waals surface area contributed by atoms with Crippen molar-refractivity contribution >= 4 is 51.9 Å². The van der Waals surface area contributed by atoms with Crippen LogP contribution in [0.15, 0.2) is 64.1 Å². The van der Waals surface area contributed by atoms with E-state index in [1.165, 1.54) is 11.8 Å². The fourth-order valence-corrected chi connectivity index (χ4v) is 8.65. The number of halogens is 2. The van der Waals surface area contributed by atoms with Crippen LogP contribution in [0.4, 0.5) is 0 Å². The molecule has 2 amide bonds. The lowest BCUT2D eigenvalue weighted by Crippen LogP contribution is -2.48. The molecule has 10 heteroatoms. The number of thioether (sulfide) groups is 1. The highest BCUT2D eigenvalue weighted by Crippen LogP contribution is 2.56. The van der Waals surface area contributed by atoms with Crippen LogP contribution in [0.2, 0.25) is 10.0 Å². The number of nitrogens with zero attached hydrogens (tertiary/aromatic N) is 5. The van der Waals surface area contributed by atoms with Crippen LogP contribution < -0.4 is 0 Å². The molecule has 2 fully saturated rings. The summed E-state index contributed by atoms with van der Waals surface area (Å²) >= 11 is 14.0. The molecular formula is C33H39Cl2N5O2S. The van der Waals surface area contributed by atoms with E-state index in [4.69, 9.17) is 28.2 Å². The number of hydrogen-bond donors (Lipinski definition) is 0. The van der Waals surface area contributed by atoms with Gasteiger partial charge in [0.1, 0.15) is 16.5 Å². The van der Waals surface area contributed by atoms with Crippen molar-refractivity contribution in [3.8, 4) is 0 Å². The molecule has 4 atom stereocenters. The summed E-state index contributed by atoms with van der Waals surface area (Å²) in [6.45, 7) is 8.45. The Bertz CT molecular complexity index is 1480. The van der Waals surface area contributed by atoms with Gasteiger partial charge in [-0.1, -0.05) is 61.3 Å². The van der Waals surface area contributed by atoms with E-state index in [0.717, 1.165) is 47.9 Å². The molecule has 0 N–H and O–H groups in total. The molecule has 0 bridgehead atoms. The minimum absolute atomic E-state index is 0.0534. The number of carbonyl (C=O) groups excluding carboxylic acids is 2. The fraction of sp³-hybridized carbons (Fsp3) is 0.485. The zero-order chi connectivity index (χ0) is 30.6. The molecule has 0 spiro atoms. The van der Waals surface area contributed by atoms with Gasteiger partial charge >= 0.3 is 0 Å². The molecule has 228 valence electrons. The molecule has 0 radical (unpaired) electrons. The summed E-state index contributed by atoms with van der Waals surface area (Å²) in [6, 6.07) is 15.5. The number of amides is 2. The second-order valence-corrected chi connectivity index (χ2v) is 14.5. The van der Waals surface area contributed by atoms with E-state index < -0.39 is 11.6 Å². The van der Waals surface area contributed by atoms with Crippen molar-refractivity contribution < 1.29 is 9.59 Å². The molecule has 4 heterocycles. The minimum atomic E-state index is -0.625. The maximum Gasteiger partial charge on any atom is 0.263 e. The van der Waals surface area contributed by atoms with Crippen LogP contribution in [-0.2, 0) is 15.1 Å². The average Bonchev–Trinajstić information content (AvgIpc) is 3.76. The molecule has 4 aliphatic rings. The summed E-state index contributed by atoms with van der Waals surface area (Å²) in [5.41, 5.74) is 2.44. The molecule has 0 saturated carbocycles. The van der Waals surface area contributed by atoms with Gasteiger partial charge in [0.25, 0.3) is 5.91 Å². The SMILES string of the molecule is CC(C)C1=C(C(=O)N2CCC[C@@H]2C(=O)N2CC[C@H](N(C)C)C2)SC2=N[C@@](C)(c3ccc(Cl)cc3)[C@@H](c3ccc(Cl)cc3)N21. The highest BCUT2D eigenvalue weighted by atomic mass is 35.5. The summed E-state index contributed by atoms with van der Waals surface area (Å²) < 4.78 is 0. The van der Waals surface area contributed by atoms with E-state index in [0.29, 0.717) is 34.0 Å². The lowest BCUT2D eigenvalue weighted by Gasteiger charge is -2.37. The number of allylic oxidation sites excluding steroid dienone is 1. The van der Waals surface area contributed by atoms with Gasteiger partial charge in [0, 0.05) is 41.4 Å². The van der Waals surface area contributed by atoms with Gasteiger partial charge in [0.15, 0.2) is 5.17 Å². The van der Waals surface area contributed by atoms with Gasteiger partial charge in [0.05, 0.1) is 6.04 Å². The third-order valence-electron chi connectivity index (χ3n) is 9.37. The maximum absolute atomic E-state index is 14.4. The first-order valence-electron chi connectivity index (χ1n) is 15.1. The first-order valence-corrected chi connectivity index (χ1v) is 16.7. The summed E-state index contributed by atoms with van der Waals surface area (Å²) in [4.78, 5) is 42.4. The van der Waals surface area contributed by atoms with E-state index in [2.05, 4.69) is 44.7 Å². The van der Waals surface area contributed by atoms with Gasteiger partial charge < -0.3 is 19.6 Å². The summed E-state index contributed by atoms with van der Waals surface area (Å²) in [5, 5.41) is 2.15. The Kier molecular flexibility index (Phi) is 8.35. The fourth-order valence-electron chi connectivity index (χ4n) is 7.04. The largest absolute Gasteiger partial charge is 0.339 e. The quantitative estimate of drug-likeness (QED) is 0.367. The standard InChI is InChI=1S/C33H39Cl2N5O2S/c1-20(2)27-28(31(42)39-17-6-7-26(39)30(41)38-18-16-25(19-38)37(4)5)43-32-36-33(3,22-10-14-24(35)15-11-22)29(40(27)32)21-8-12-23(34)13-9-21/h8-15,20,25-26,29H,6-7,16-19H2,1-5H3/t25-,26+,29+,33-/m0/s1. The number of rotatable bonds is 6. The predicted molar refractivity (Wildman–Crippen MR) is 175 cm³/mol. The third kappa shape index (κ3) is 5.39. The molecule has 4 aliphatic heterocycles. The van der Waals surface area contributed by atoms with Crippen LogP contribution in [-0.4, -0.2) is 82.4 Å². The van der Waals surface area contributed by atoms with E-state index in [1.807, 2.05) is 58.3 Å². The number of benzene rings is 2. The van der Waals surface area contributed by atoms with Crippen LogP contribution >= 0.6 is 35.0 Å². The summed E-state index contributed by atoms with van der Waals surface area (Å²) in [5.74, 6) is 0.0721. The van der Waals surface area contributed by atoms with Crippen molar-refractivity contribution in [3.63, 3.8) is 0 Å². The molecule has 0 aromatic heterocycles. The lowest BCUT2D eigenvalue weighted by atomic mass is 9.81.